The first-order chi connectivity index (χ1) is 13.4. The van der Waals surface area contributed by atoms with Crippen molar-refractivity contribution >= 4 is 11.9 Å². The molecule has 1 aromatic heterocycles. The summed E-state index contributed by atoms with van der Waals surface area (Å²) in [4.78, 5) is 19.2. The van der Waals surface area contributed by atoms with Gasteiger partial charge in [-0.2, -0.15) is 0 Å². The van der Waals surface area contributed by atoms with Crippen LogP contribution in [0, 0.1) is 6.92 Å². The molecule has 6 nitrogen and oxygen atoms in total. The fourth-order valence-electron chi connectivity index (χ4n) is 3.98. The third-order valence-electron chi connectivity index (χ3n) is 5.08. The largest absolute Gasteiger partial charge is 0.507 e. The number of phenols is 1. The van der Waals surface area contributed by atoms with Gasteiger partial charge in [0.2, 0.25) is 5.78 Å². The number of ketones is 1. The summed E-state index contributed by atoms with van der Waals surface area (Å²) in [5, 5.41) is 10.6. The molecule has 2 atom stereocenters. The second-order valence-corrected chi connectivity index (χ2v) is 7.57. The molecule has 2 aliphatic heterocycles. The molecule has 146 valence electrons. The van der Waals surface area contributed by atoms with E-state index in [1.54, 1.807) is 24.5 Å². The van der Waals surface area contributed by atoms with Crippen molar-refractivity contribution < 1.29 is 19.4 Å². The van der Waals surface area contributed by atoms with Crippen LogP contribution >= 0.6 is 0 Å². The van der Waals surface area contributed by atoms with Gasteiger partial charge in [-0.25, -0.2) is 0 Å². The van der Waals surface area contributed by atoms with Crippen LogP contribution in [-0.4, -0.2) is 46.1 Å². The molecule has 0 unspecified atom stereocenters. The molecule has 1 saturated heterocycles. The number of pyridine rings is 1. The van der Waals surface area contributed by atoms with Crippen LogP contribution in [0.4, 0.5) is 0 Å². The number of aromatic nitrogens is 1. The van der Waals surface area contributed by atoms with Crippen molar-refractivity contribution in [3.63, 3.8) is 0 Å². The SMILES string of the molecule is Cc1cc(O)c(CN2C[C@@H](C)O[C@@H](C)C2)c2c1C(=O)/C(=C/c1cccnc1)O2. The topological polar surface area (TPSA) is 71.9 Å². The summed E-state index contributed by atoms with van der Waals surface area (Å²) in [5.74, 6) is 0.700. The van der Waals surface area contributed by atoms with Crippen LogP contribution in [0.2, 0.25) is 0 Å². The number of rotatable bonds is 3. The summed E-state index contributed by atoms with van der Waals surface area (Å²) in [6, 6.07) is 5.32. The number of carbonyl (C=O) groups excluding carboxylic acids is 1. The van der Waals surface area contributed by atoms with Gasteiger partial charge in [0, 0.05) is 32.0 Å². The minimum atomic E-state index is -0.165. The van der Waals surface area contributed by atoms with E-state index >= 15 is 0 Å². The van der Waals surface area contributed by atoms with Crippen molar-refractivity contribution in [2.45, 2.75) is 39.5 Å². The number of fused-ring (bicyclic) bond motifs is 1. The Morgan fingerprint density at radius 2 is 2.07 bits per heavy atom. The molecule has 1 N–H and O–H groups in total. The number of benzene rings is 1. The summed E-state index contributed by atoms with van der Waals surface area (Å²) in [7, 11) is 0. The lowest BCUT2D eigenvalue weighted by Crippen LogP contribution is -2.44. The van der Waals surface area contributed by atoms with Crippen LogP contribution in [0.1, 0.15) is 40.9 Å². The molecule has 0 bridgehead atoms. The quantitative estimate of drug-likeness (QED) is 0.824. The predicted molar refractivity (Wildman–Crippen MR) is 105 cm³/mol. The number of aromatic hydroxyl groups is 1. The molecule has 2 aromatic rings. The van der Waals surface area contributed by atoms with Gasteiger partial charge >= 0.3 is 0 Å². The van der Waals surface area contributed by atoms with E-state index < -0.39 is 0 Å². The van der Waals surface area contributed by atoms with E-state index in [-0.39, 0.29) is 29.5 Å². The highest BCUT2D eigenvalue weighted by molar-refractivity contribution is 6.15. The summed E-state index contributed by atoms with van der Waals surface area (Å²) in [6.45, 7) is 7.92. The van der Waals surface area contributed by atoms with Crippen molar-refractivity contribution in [1.82, 2.24) is 9.88 Å². The highest BCUT2D eigenvalue weighted by Gasteiger charge is 2.34. The minimum Gasteiger partial charge on any atom is -0.507 e. The van der Waals surface area contributed by atoms with E-state index in [0.717, 1.165) is 18.7 Å². The molecule has 0 saturated carbocycles. The molecule has 1 fully saturated rings. The number of phenolic OH excluding ortho intramolecular Hbond substituents is 1. The second-order valence-electron chi connectivity index (χ2n) is 7.57. The third kappa shape index (κ3) is 3.53. The normalized spacial score (nSPS) is 23.7. The summed E-state index contributed by atoms with van der Waals surface area (Å²) >= 11 is 0. The monoisotopic (exact) mass is 380 g/mol. The Bertz CT molecular complexity index is 929. The molecule has 3 heterocycles. The smallest absolute Gasteiger partial charge is 0.232 e. The minimum absolute atomic E-state index is 0.118. The molecule has 2 aliphatic rings. The predicted octanol–water partition coefficient (Wildman–Crippen LogP) is 3.32. The maximum atomic E-state index is 13.0. The zero-order chi connectivity index (χ0) is 19.8. The van der Waals surface area contributed by atoms with Gasteiger partial charge in [-0.05, 0) is 50.1 Å². The number of ether oxygens (including phenoxy) is 2. The number of allylic oxidation sites excluding steroid dienone is 1. The van der Waals surface area contributed by atoms with E-state index in [1.807, 2.05) is 32.9 Å². The Labute approximate surface area is 164 Å². The van der Waals surface area contributed by atoms with Gasteiger partial charge in [0.1, 0.15) is 11.5 Å². The van der Waals surface area contributed by atoms with Crippen LogP contribution in [0.15, 0.2) is 36.4 Å². The number of carbonyl (C=O) groups is 1. The van der Waals surface area contributed by atoms with Gasteiger partial charge < -0.3 is 14.6 Å². The lowest BCUT2D eigenvalue weighted by atomic mass is 9.99. The van der Waals surface area contributed by atoms with Crippen LogP contribution in [-0.2, 0) is 11.3 Å². The average molecular weight is 380 g/mol. The first-order valence-corrected chi connectivity index (χ1v) is 9.50. The fraction of sp³-hybridized carbons (Fsp3) is 0.364. The lowest BCUT2D eigenvalue weighted by Gasteiger charge is -2.35. The van der Waals surface area contributed by atoms with Gasteiger partial charge in [0.25, 0.3) is 0 Å². The molecule has 0 spiro atoms. The van der Waals surface area contributed by atoms with Crippen molar-refractivity contribution in [3.05, 3.63) is 58.6 Å². The number of hydrogen-bond acceptors (Lipinski definition) is 6. The molecule has 0 radical (unpaired) electrons. The van der Waals surface area contributed by atoms with Crippen molar-refractivity contribution in [1.29, 1.82) is 0 Å². The summed E-state index contributed by atoms with van der Waals surface area (Å²) in [5.41, 5.74) is 2.67. The van der Waals surface area contributed by atoms with Crippen molar-refractivity contribution in [2.24, 2.45) is 0 Å². The van der Waals surface area contributed by atoms with E-state index in [9.17, 15) is 9.90 Å². The Morgan fingerprint density at radius 3 is 2.75 bits per heavy atom. The van der Waals surface area contributed by atoms with Crippen molar-refractivity contribution in [3.8, 4) is 11.5 Å². The number of nitrogens with zero attached hydrogens (tertiary/aromatic N) is 2. The van der Waals surface area contributed by atoms with Crippen LogP contribution in [0.3, 0.4) is 0 Å². The first kappa shape index (κ1) is 18.7. The van der Waals surface area contributed by atoms with E-state index in [1.165, 1.54) is 0 Å². The molecular weight excluding hydrogens is 356 g/mol. The van der Waals surface area contributed by atoms with Gasteiger partial charge in [-0.1, -0.05) is 6.07 Å². The fourth-order valence-corrected chi connectivity index (χ4v) is 3.98. The Balaban J connectivity index is 1.69. The Morgan fingerprint density at radius 1 is 1.32 bits per heavy atom. The van der Waals surface area contributed by atoms with Crippen LogP contribution in [0.5, 0.6) is 11.5 Å². The molecule has 6 heteroatoms. The van der Waals surface area contributed by atoms with Crippen molar-refractivity contribution in [2.75, 3.05) is 13.1 Å². The van der Waals surface area contributed by atoms with Crippen LogP contribution in [0.25, 0.3) is 6.08 Å². The van der Waals surface area contributed by atoms with E-state index in [2.05, 4.69) is 9.88 Å². The molecule has 0 amide bonds. The van der Waals surface area contributed by atoms with Gasteiger partial charge in [0.05, 0.1) is 23.3 Å². The van der Waals surface area contributed by atoms with Crippen LogP contribution < -0.4 is 4.74 Å². The molecule has 1 aromatic carbocycles. The molecule has 4 rings (SSSR count). The molecule has 0 aliphatic carbocycles. The van der Waals surface area contributed by atoms with E-state index in [0.29, 0.717) is 29.0 Å². The van der Waals surface area contributed by atoms with E-state index in [4.69, 9.17) is 9.47 Å². The Kier molecular flexibility index (Phi) is 4.91. The van der Waals surface area contributed by atoms with Gasteiger partial charge in [-0.15, -0.1) is 0 Å². The first-order valence-electron chi connectivity index (χ1n) is 9.50. The number of hydrogen-bond donors (Lipinski definition) is 1. The van der Waals surface area contributed by atoms with Gasteiger partial charge in [-0.3, -0.25) is 14.7 Å². The summed E-state index contributed by atoms with van der Waals surface area (Å²) in [6.07, 6.45) is 5.28. The second kappa shape index (κ2) is 7.37. The molecular formula is C22H24N2O4. The number of Topliss-reactive ketones (excluding diaryl/α,β-unsaturated/α-hetero) is 1. The zero-order valence-electron chi connectivity index (χ0n) is 16.3. The zero-order valence-corrected chi connectivity index (χ0v) is 16.3. The maximum Gasteiger partial charge on any atom is 0.232 e. The highest BCUT2D eigenvalue weighted by Crippen LogP contribution is 2.42. The number of aryl methyl sites for hydroxylation is 1. The Hall–Kier alpha value is -2.70. The highest BCUT2D eigenvalue weighted by atomic mass is 16.5. The summed E-state index contributed by atoms with van der Waals surface area (Å²) < 4.78 is 11.8. The third-order valence-corrected chi connectivity index (χ3v) is 5.08. The lowest BCUT2D eigenvalue weighted by molar-refractivity contribution is -0.0707. The average Bonchev–Trinajstić information content (AvgIpc) is 2.95. The van der Waals surface area contributed by atoms with Gasteiger partial charge in [0.15, 0.2) is 5.76 Å². The maximum absolute atomic E-state index is 13.0. The number of morpholine rings is 1. The standard InChI is InChI=1S/C22H24N2O4/c1-13-7-18(25)17(12-24-10-14(2)27-15(3)11-24)22-20(13)21(26)19(28-22)8-16-5-4-6-23-9-16/h4-9,14-15,25H,10-12H2,1-3H3/b19-8-/t14-,15+. The molecule has 28 heavy (non-hydrogen) atoms.